The summed E-state index contributed by atoms with van der Waals surface area (Å²) in [7, 11) is 1.33. The highest BCUT2D eigenvalue weighted by atomic mass is 16.5. The molecule has 0 fully saturated rings. The molecule has 0 saturated carbocycles. The molecule has 0 radical (unpaired) electrons. The molecule has 1 aromatic heterocycles. The van der Waals surface area contributed by atoms with Crippen LogP contribution in [-0.2, 0) is 9.53 Å². The molecule has 0 atom stereocenters. The Balaban J connectivity index is 1.70. The van der Waals surface area contributed by atoms with Gasteiger partial charge in [-0.1, -0.05) is 12.1 Å². The Morgan fingerprint density at radius 1 is 1.11 bits per heavy atom. The van der Waals surface area contributed by atoms with Crippen molar-refractivity contribution in [2.24, 2.45) is 0 Å². The Morgan fingerprint density at radius 2 is 1.85 bits per heavy atom. The van der Waals surface area contributed by atoms with Crippen LogP contribution in [0.25, 0.3) is 16.6 Å². The molecule has 0 aliphatic carbocycles. The van der Waals surface area contributed by atoms with Gasteiger partial charge >= 0.3 is 5.97 Å². The standard InChI is InChI=1S/C20H19N3O4/c1-27-18(24)7-4-12-21-19(25)14-8-10-15(11-9-14)23-13-22-17-6-3-2-5-16(17)20(23)26/h2-3,5-6,8-11,13H,4,7,12H2,1H3,(H,21,25). The van der Waals surface area contributed by atoms with Crippen LogP contribution in [0, 0.1) is 0 Å². The van der Waals surface area contributed by atoms with Gasteiger partial charge in [0.1, 0.15) is 6.33 Å². The number of hydrogen-bond donors (Lipinski definition) is 1. The number of carbonyl (C=O) groups is 2. The molecule has 0 aliphatic rings. The summed E-state index contributed by atoms with van der Waals surface area (Å²) in [6.07, 6.45) is 2.24. The van der Waals surface area contributed by atoms with Crippen molar-refractivity contribution in [2.45, 2.75) is 12.8 Å². The number of aromatic nitrogens is 2. The first-order valence-electron chi connectivity index (χ1n) is 8.52. The molecule has 3 aromatic rings. The molecule has 0 saturated heterocycles. The summed E-state index contributed by atoms with van der Waals surface area (Å²) in [5.74, 6) is -0.543. The first kappa shape index (κ1) is 18.3. The van der Waals surface area contributed by atoms with Gasteiger partial charge in [-0.25, -0.2) is 4.98 Å². The molecule has 0 unspecified atom stereocenters. The monoisotopic (exact) mass is 365 g/mol. The van der Waals surface area contributed by atoms with E-state index in [1.807, 2.05) is 6.07 Å². The van der Waals surface area contributed by atoms with E-state index in [1.165, 1.54) is 18.0 Å². The number of nitrogens with zero attached hydrogens (tertiary/aromatic N) is 2. The fourth-order valence-electron chi connectivity index (χ4n) is 2.67. The van der Waals surface area contributed by atoms with E-state index < -0.39 is 0 Å². The zero-order chi connectivity index (χ0) is 19.2. The van der Waals surface area contributed by atoms with Crippen molar-refractivity contribution in [3.05, 3.63) is 70.8 Å². The van der Waals surface area contributed by atoms with Crippen molar-refractivity contribution in [3.8, 4) is 5.69 Å². The fourth-order valence-corrected chi connectivity index (χ4v) is 2.67. The molecule has 1 N–H and O–H groups in total. The summed E-state index contributed by atoms with van der Waals surface area (Å²) in [6, 6.07) is 13.8. The summed E-state index contributed by atoms with van der Waals surface area (Å²) < 4.78 is 5.99. The van der Waals surface area contributed by atoms with Gasteiger partial charge in [0.05, 0.1) is 23.7 Å². The van der Waals surface area contributed by atoms with Gasteiger partial charge in [-0.2, -0.15) is 0 Å². The predicted octanol–water partition coefficient (Wildman–Crippen LogP) is 2.07. The summed E-state index contributed by atoms with van der Waals surface area (Å²) in [5.41, 5.74) is 1.57. The van der Waals surface area contributed by atoms with Crippen LogP contribution in [0.3, 0.4) is 0 Å². The number of rotatable bonds is 6. The average Bonchev–Trinajstić information content (AvgIpc) is 2.71. The summed E-state index contributed by atoms with van der Waals surface area (Å²) >= 11 is 0. The van der Waals surface area contributed by atoms with E-state index in [9.17, 15) is 14.4 Å². The molecule has 7 nitrogen and oxygen atoms in total. The Labute approximate surface area is 155 Å². The van der Waals surface area contributed by atoms with Crippen molar-refractivity contribution < 1.29 is 14.3 Å². The lowest BCUT2D eigenvalue weighted by Gasteiger charge is -2.08. The van der Waals surface area contributed by atoms with E-state index in [4.69, 9.17) is 0 Å². The number of benzene rings is 2. The molecule has 0 spiro atoms. The third-order valence-electron chi connectivity index (χ3n) is 4.14. The summed E-state index contributed by atoms with van der Waals surface area (Å²) in [5, 5.41) is 3.28. The molecular formula is C20H19N3O4. The van der Waals surface area contributed by atoms with Gasteiger partial charge in [-0.3, -0.25) is 19.0 Å². The van der Waals surface area contributed by atoms with Crippen molar-refractivity contribution in [1.82, 2.24) is 14.9 Å². The Hall–Kier alpha value is -3.48. The Morgan fingerprint density at radius 3 is 2.59 bits per heavy atom. The Bertz CT molecular complexity index is 1030. The number of ether oxygens (including phenoxy) is 1. The van der Waals surface area contributed by atoms with E-state index in [1.54, 1.807) is 42.5 Å². The van der Waals surface area contributed by atoms with Crippen molar-refractivity contribution in [2.75, 3.05) is 13.7 Å². The second kappa shape index (κ2) is 8.27. The first-order valence-corrected chi connectivity index (χ1v) is 8.52. The van der Waals surface area contributed by atoms with Crippen LogP contribution >= 0.6 is 0 Å². The molecule has 138 valence electrons. The average molecular weight is 365 g/mol. The fraction of sp³-hybridized carbons (Fsp3) is 0.200. The molecule has 27 heavy (non-hydrogen) atoms. The number of carbonyl (C=O) groups excluding carboxylic acids is 2. The minimum absolute atomic E-state index is 0.166. The Kier molecular flexibility index (Phi) is 5.61. The topological polar surface area (TPSA) is 90.3 Å². The van der Waals surface area contributed by atoms with Crippen LogP contribution in [0.1, 0.15) is 23.2 Å². The number of hydrogen-bond acceptors (Lipinski definition) is 5. The van der Waals surface area contributed by atoms with E-state index in [2.05, 4.69) is 15.0 Å². The van der Waals surface area contributed by atoms with E-state index in [-0.39, 0.29) is 23.9 Å². The number of methoxy groups -OCH3 is 1. The molecular weight excluding hydrogens is 346 g/mol. The molecule has 7 heteroatoms. The van der Waals surface area contributed by atoms with Crippen LogP contribution in [0.15, 0.2) is 59.7 Å². The van der Waals surface area contributed by atoms with Crippen LogP contribution in [0.4, 0.5) is 0 Å². The molecule has 2 aromatic carbocycles. The summed E-state index contributed by atoms with van der Waals surface area (Å²) in [4.78, 5) is 40.1. The minimum atomic E-state index is -0.303. The van der Waals surface area contributed by atoms with Gasteiger partial charge in [0.25, 0.3) is 11.5 Å². The lowest BCUT2D eigenvalue weighted by Crippen LogP contribution is -2.25. The van der Waals surface area contributed by atoms with Gasteiger partial charge in [0.2, 0.25) is 0 Å². The van der Waals surface area contributed by atoms with Crippen molar-refractivity contribution >= 4 is 22.8 Å². The largest absolute Gasteiger partial charge is 0.469 e. The minimum Gasteiger partial charge on any atom is -0.469 e. The number of nitrogens with one attached hydrogen (secondary N) is 1. The highest BCUT2D eigenvalue weighted by Crippen LogP contribution is 2.11. The third kappa shape index (κ3) is 4.20. The molecule has 0 aliphatic heterocycles. The van der Waals surface area contributed by atoms with Crippen LogP contribution in [-0.4, -0.2) is 35.1 Å². The van der Waals surface area contributed by atoms with Gasteiger partial charge in [0.15, 0.2) is 0 Å². The molecule has 3 rings (SSSR count). The van der Waals surface area contributed by atoms with Crippen molar-refractivity contribution in [3.63, 3.8) is 0 Å². The van der Waals surface area contributed by atoms with Gasteiger partial charge in [0, 0.05) is 18.5 Å². The van der Waals surface area contributed by atoms with Gasteiger partial charge in [-0.15, -0.1) is 0 Å². The van der Waals surface area contributed by atoms with Crippen molar-refractivity contribution in [1.29, 1.82) is 0 Å². The van der Waals surface area contributed by atoms with Crippen LogP contribution in [0.5, 0.6) is 0 Å². The highest BCUT2D eigenvalue weighted by molar-refractivity contribution is 5.94. The smallest absolute Gasteiger partial charge is 0.305 e. The maximum atomic E-state index is 12.6. The molecule has 1 amide bonds. The quantitative estimate of drug-likeness (QED) is 0.533. The second-order valence-corrected chi connectivity index (χ2v) is 5.92. The van der Waals surface area contributed by atoms with Crippen LogP contribution in [0.2, 0.25) is 0 Å². The lowest BCUT2D eigenvalue weighted by atomic mass is 10.2. The normalized spacial score (nSPS) is 10.6. The number of para-hydroxylation sites is 1. The zero-order valence-corrected chi connectivity index (χ0v) is 14.8. The maximum Gasteiger partial charge on any atom is 0.305 e. The number of esters is 1. The zero-order valence-electron chi connectivity index (χ0n) is 14.8. The second-order valence-electron chi connectivity index (χ2n) is 5.92. The molecule has 0 bridgehead atoms. The molecule has 1 heterocycles. The first-order chi connectivity index (χ1) is 13.1. The lowest BCUT2D eigenvalue weighted by molar-refractivity contribution is -0.140. The summed E-state index contributed by atoms with van der Waals surface area (Å²) in [6.45, 7) is 0.379. The SMILES string of the molecule is COC(=O)CCCNC(=O)c1ccc(-n2cnc3ccccc3c2=O)cc1. The third-order valence-corrected chi connectivity index (χ3v) is 4.14. The number of amides is 1. The van der Waals surface area contributed by atoms with E-state index >= 15 is 0 Å². The number of fused-ring (bicyclic) bond motifs is 1. The van der Waals surface area contributed by atoms with Gasteiger partial charge in [-0.05, 0) is 42.8 Å². The highest BCUT2D eigenvalue weighted by Gasteiger charge is 2.08. The van der Waals surface area contributed by atoms with Gasteiger partial charge < -0.3 is 10.1 Å². The van der Waals surface area contributed by atoms with E-state index in [0.29, 0.717) is 35.1 Å². The maximum absolute atomic E-state index is 12.6. The predicted molar refractivity (Wildman–Crippen MR) is 101 cm³/mol. The van der Waals surface area contributed by atoms with E-state index in [0.717, 1.165) is 0 Å². The van der Waals surface area contributed by atoms with Crippen LogP contribution < -0.4 is 10.9 Å².